The average Bonchev–Trinajstić information content (AvgIpc) is 3.92. The highest BCUT2D eigenvalue weighted by Crippen LogP contribution is 2.49. The highest BCUT2D eigenvalue weighted by atomic mass is 16.6. The number of carbonyl (C=O) groups is 6. The Labute approximate surface area is 291 Å². The van der Waals surface area contributed by atoms with E-state index in [4.69, 9.17) is 18.9 Å². The van der Waals surface area contributed by atoms with Gasteiger partial charge >= 0.3 is 24.1 Å². The average molecular weight is 689 g/mol. The number of hydrogen-bond acceptors (Lipinski definition) is 10. The van der Waals surface area contributed by atoms with Crippen molar-refractivity contribution in [2.45, 2.75) is 103 Å². The molecule has 12 heteroatoms. The van der Waals surface area contributed by atoms with E-state index in [1.165, 1.54) is 9.80 Å². The molecule has 2 aromatic rings. The van der Waals surface area contributed by atoms with Crippen molar-refractivity contribution in [3.05, 3.63) is 59.7 Å². The van der Waals surface area contributed by atoms with Crippen LogP contribution in [0.3, 0.4) is 0 Å². The lowest BCUT2D eigenvalue weighted by molar-refractivity contribution is -0.148. The summed E-state index contributed by atoms with van der Waals surface area (Å²) in [6, 6.07) is 11.9. The number of Topliss-reactive ketones (excluding diaryl/α,β-unsaturated/α-hetero) is 2. The fourth-order valence-corrected chi connectivity index (χ4v) is 6.84. The van der Waals surface area contributed by atoms with E-state index < -0.39 is 60.6 Å². The van der Waals surface area contributed by atoms with E-state index in [2.05, 4.69) is 0 Å². The second-order valence-electron chi connectivity index (χ2n) is 15.6. The van der Waals surface area contributed by atoms with Crippen LogP contribution in [-0.4, -0.2) is 94.1 Å². The Bertz CT molecular complexity index is 1560. The number of piperidine rings is 2. The van der Waals surface area contributed by atoms with Crippen LogP contribution in [-0.2, 0) is 28.5 Å². The molecule has 2 saturated carbocycles. The summed E-state index contributed by atoms with van der Waals surface area (Å²) < 4.78 is 21.7. The smallest absolute Gasteiger partial charge is 0.411 e. The number of ether oxygens (including phenoxy) is 4. The van der Waals surface area contributed by atoms with E-state index in [9.17, 15) is 28.8 Å². The van der Waals surface area contributed by atoms with Gasteiger partial charge in [0.25, 0.3) is 0 Å². The molecule has 2 aliphatic heterocycles. The third-order valence-electron chi connectivity index (χ3n) is 9.41. The van der Waals surface area contributed by atoms with E-state index in [-0.39, 0.29) is 41.0 Å². The summed E-state index contributed by atoms with van der Waals surface area (Å²) in [5.74, 6) is -1.47. The first-order chi connectivity index (χ1) is 23.5. The number of ketones is 2. The number of amides is 2. The van der Waals surface area contributed by atoms with Gasteiger partial charge in [0.05, 0.1) is 11.6 Å². The number of esters is 2. The van der Waals surface area contributed by atoms with Gasteiger partial charge in [0.15, 0.2) is 24.8 Å². The molecule has 2 saturated heterocycles. The van der Waals surface area contributed by atoms with E-state index >= 15 is 0 Å². The van der Waals surface area contributed by atoms with Crippen LogP contribution in [0.2, 0.25) is 0 Å². The standard InChI is InChI=1S/C38H44N2O10/c1-37(2,3)49-35(45)39-27-15-25(27)17-29(39)32(42)20-47-33(43)24-13-9-22(10-14-24)21-7-11-23(12-8-21)31(41)19-48-34(44)30-18-26-16-28(26)40(30)36(46)50-38(4,5)6/h7-14,25-30H,15-20H2,1-6H3/t25-,26?,27-,28?,29-,30-/m0/s1. The first-order valence-electron chi connectivity index (χ1n) is 17.1. The molecule has 0 spiro atoms. The Balaban J connectivity index is 0.979. The van der Waals surface area contributed by atoms with Crippen LogP contribution in [0.15, 0.2) is 48.5 Å². The van der Waals surface area contributed by atoms with E-state index in [1.807, 2.05) is 0 Å². The van der Waals surface area contributed by atoms with Gasteiger partial charge in [-0.3, -0.25) is 19.4 Å². The van der Waals surface area contributed by atoms with Crippen molar-refractivity contribution in [2.24, 2.45) is 11.8 Å². The number of benzene rings is 2. The molecule has 4 fully saturated rings. The van der Waals surface area contributed by atoms with Gasteiger partial charge < -0.3 is 18.9 Å². The Hall–Kier alpha value is -4.74. The summed E-state index contributed by atoms with van der Waals surface area (Å²) in [6.45, 7) is 9.73. The topological polar surface area (TPSA) is 146 Å². The molecule has 0 aromatic heterocycles. The van der Waals surface area contributed by atoms with Crippen molar-refractivity contribution in [2.75, 3.05) is 13.2 Å². The number of nitrogens with zero attached hydrogens (tertiary/aromatic N) is 2. The minimum Gasteiger partial charge on any atom is -0.456 e. The molecule has 266 valence electrons. The maximum Gasteiger partial charge on any atom is 0.411 e. The summed E-state index contributed by atoms with van der Waals surface area (Å²) in [5, 5.41) is 0. The molecule has 2 amide bonds. The maximum absolute atomic E-state index is 13.0. The summed E-state index contributed by atoms with van der Waals surface area (Å²) >= 11 is 0. The van der Waals surface area contributed by atoms with Crippen LogP contribution in [0, 0.1) is 11.8 Å². The highest BCUT2D eigenvalue weighted by Gasteiger charge is 2.58. The molecule has 2 unspecified atom stereocenters. The second kappa shape index (κ2) is 13.2. The Morgan fingerprint density at radius 1 is 0.600 bits per heavy atom. The monoisotopic (exact) mass is 688 g/mol. The largest absolute Gasteiger partial charge is 0.456 e. The summed E-state index contributed by atoms with van der Waals surface area (Å²) in [4.78, 5) is 79.9. The van der Waals surface area contributed by atoms with Crippen LogP contribution in [0.1, 0.15) is 87.9 Å². The molecule has 50 heavy (non-hydrogen) atoms. The minimum absolute atomic E-state index is 0.00232. The lowest BCUT2D eigenvalue weighted by Crippen LogP contribution is -2.46. The molecule has 4 aliphatic rings. The molecule has 6 atom stereocenters. The Kier molecular flexibility index (Phi) is 9.26. The number of rotatable bonds is 9. The summed E-state index contributed by atoms with van der Waals surface area (Å²) in [6.07, 6.45) is 1.65. The van der Waals surface area contributed by atoms with Crippen LogP contribution >= 0.6 is 0 Å². The SMILES string of the molecule is CC(C)(C)OC(=O)N1C2CC2C[C@H]1C(=O)OCC(=O)c1ccc(-c2ccc(C(=O)OCC(=O)[C@@H]3C[C@@H]4C[C@@H]4N3C(=O)OC(C)(C)C)cc2)cc1. The zero-order valence-corrected chi connectivity index (χ0v) is 29.3. The third kappa shape index (κ3) is 7.84. The molecular formula is C38H44N2O10. The Morgan fingerprint density at radius 2 is 1.06 bits per heavy atom. The van der Waals surface area contributed by atoms with Crippen molar-refractivity contribution in [3.8, 4) is 11.1 Å². The molecule has 0 bridgehead atoms. The van der Waals surface area contributed by atoms with Crippen molar-refractivity contribution in [1.29, 1.82) is 0 Å². The van der Waals surface area contributed by atoms with Crippen molar-refractivity contribution in [3.63, 3.8) is 0 Å². The van der Waals surface area contributed by atoms with E-state index in [0.717, 1.165) is 24.0 Å². The van der Waals surface area contributed by atoms with Crippen molar-refractivity contribution < 1.29 is 47.7 Å². The second-order valence-corrected chi connectivity index (χ2v) is 15.6. The minimum atomic E-state index is -0.767. The fraction of sp³-hybridized carbons (Fsp3) is 0.526. The number of fused-ring (bicyclic) bond motifs is 2. The van der Waals surface area contributed by atoms with Gasteiger partial charge in [-0.05, 0) is 102 Å². The fourth-order valence-electron chi connectivity index (χ4n) is 6.84. The number of carbonyl (C=O) groups excluding carboxylic acids is 6. The van der Waals surface area contributed by atoms with Crippen LogP contribution < -0.4 is 0 Å². The zero-order chi connectivity index (χ0) is 36.1. The van der Waals surface area contributed by atoms with Crippen molar-refractivity contribution in [1.82, 2.24) is 9.80 Å². The lowest BCUT2D eigenvalue weighted by atomic mass is 10.0. The Morgan fingerprint density at radius 3 is 1.56 bits per heavy atom. The lowest BCUT2D eigenvalue weighted by Gasteiger charge is -2.29. The van der Waals surface area contributed by atoms with Gasteiger partial charge in [0, 0.05) is 17.6 Å². The first-order valence-corrected chi connectivity index (χ1v) is 17.1. The predicted molar refractivity (Wildman–Crippen MR) is 179 cm³/mol. The molecule has 6 rings (SSSR count). The molecule has 2 heterocycles. The zero-order valence-electron chi connectivity index (χ0n) is 29.3. The number of likely N-dealkylation sites (tertiary alicyclic amines) is 2. The van der Waals surface area contributed by atoms with Crippen molar-refractivity contribution >= 4 is 35.7 Å². The predicted octanol–water partition coefficient (Wildman–Crippen LogP) is 5.60. The molecule has 2 aliphatic carbocycles. The molecule has 12 nitrogen and oxygen atoms in total. The molecular weight excluding hydrogens is 644 g/mol. The maximum atomic E-state index is 13.0. The van der Waals surface area contributed by atoms with Gasteiger partial charge in [-0.1, -0.05) is 36.4 Å². The van der Waals surface area contributed by atoms with Crippen LogP contribution in [0.5, 0.6) is 0 Å². The molecule has 2 aromatic carbocycles. The quantitative estimate of drug-likeness (QED) is 0.185. The highest BCUT2D eigenvalue weighted by molar-refractivity contribution is 5.99. The van der Waals surface area contributed by atoms with E-state index in [0.29, 0.717) is 18.4 Å². The van der Waals surface area contributed by atoms with Crippen LogP contribution in [0.4, 0.5) is 9.59 Å². The normalized spacial score (nSPS) is 24.8. The van der Waals surface area contributed by atoms with Gasteiger partial charge in [-0.25, -0.2) is 19.2 Å². The van der Waals surface area contributed by atoms with Gasteiger partial charge in [0.2, 0.25) is 0 Å². The van der Waals surface area contributed by atoms with Gasteiger partial charge in [0.1, 0.15) is 17.2 Å². The molecule has 0 N–H and O–H groups in total. The third-order valence-corrected chi connectivity index (χ3v) is 9.41. The van der Waals surface area contributed by atoms with Gasteiger partial charge in [-0.15, -0.1) is 0 Å². The molecule has 0 radical (unpaired) electrons. The van der Waals surface area contributed by atoms with Gasteiger partial charge in [-0.2, -0.15) is 0 Å². The van der Waals surface area contributed by atoms with Crippen LogP contribution in [0.25, 0.3) is 11.1 Å². The van der Waals surface area contributed by atoms with E-state index in [1.54, 1.807) is 90.1 Å². The summed E-state index contributed by atoms with van der Waals surface area (Å²) in [7, 11) is 0. The first kappa shape index (κ1) is 35.1. The summed E-state index contributed by atoms with van der Waals surface area (Å²) in [5.41, 5.74) is 0.808. The number of hydrogen-bond donors (Lipinski definition) is 0.